The van der Waals surface area contributed by atoms with Crippen LogP contribution in [0.1, 0.15) is 32.0 Å². The SMILES string of the molecule is CCN(CC)CC.Cc1cc[nH]c1C. The fraction of sp³-hybridized carbons (Fsp3) is 0.667. The van der Waals surface area contributed by atoms with Crippen LogP contribution in [0.25, 0.3) is 0 Å². The lowest BCUT2D eigenvalue weighted by Gasteiger charge is -2.13. The molecule has 0 aromatic carbocycles. The molecule has 0 radical (unpaired) electrons. The number of rotatable bonds is 3. The number of hydrogen-bond donors (Lipinski definition) is 1. The van der Waals surface area contributed by atoms with Crippen LogP contribution in [0.5, 0.6) is 0 Å². The largest absolute Gasteiger partial charge is 0.365 e. The molecule has 0 atom stereocenters. The quantitative estimate of drug-likeness (QED) is 0.787. The Bertz CT molecular complexity index is 202. The lowest BCUT2D eigenvalue weighted by molar-refractivity contribution is 0.321. The van der Waals surface area contributed by atoms with Gasteiger partial charge in [0.15, 0.2) is 0 Å². The molecule has 0 aliphatic heterocycles. The van der Waals surface area contributed by atoms with Crippen molar-refractivity contribution in [3.8, 4) is 0 Å². The molecule has 1 aromatic heterocycles. The Morgan fingerprint density at radius 3 is 1.64 bits per heavy atom. The summed E-state index contributed by atoms with van der Waals surface area (Å²) in [6.45, 7) is 14.3. The van der Waals surface area contributed by atoms with Gasteiger partial charge < -0.3 is 9.88 Å². The summed E-state index contributed by atoms with van der Waals surface area (Å²) in [5.41, 5.74) is 2.60. The number of aromatic amines is 1. The van der Waals surface area contributed by atoms with Crippen molar-refractivity contribution >= 4 is 0 Å². The van der Waals surface area contributed by atoms with Gasteiger partial charge in [0, 0.05) is 11.9 Å². The average Bonchev–Trinajstić information content (AvgIpc) is 2.55. The van der Waals surface area contributed by atoms with Crippen molar-refractivity contribution < 1.29 is 0 Å². The van der Waals surface area contributed by atoms with Crippen LogP contribution in [-0.4, -0.2) is 29.5 Å². The van der Waals surface area contributed by atoms with Crippen LogP contribution < -0.4 is 0 Å². The van der Waals surface area contributed by atoms with E-state index >= 15 is 0 Å². The third kappa shape index (κ3) is 5.07. The topological polar surface area (TPSA) is 19.0 Å². The second kappa shape index (κ2) is 7.63. The van der Waals surface area contributed by atoms with Crippen LogP contribution in [-0.2, 0) is 0 Å². The number of aromatic nitrogens is 1. The Labute approximate surface area is 88.3 Å². The van der Waals surface area contributed by atoms with E-state index in [1.54, 1.807) is 0 Å². The van der Waals surface area contributed by atoms with Crippen molar-refractivity contribution in [3.63, 3.8) is 0 Å². The van der Waals surface area contributed by atoms with Gasteiger partial charge in [0.25, 0.3) is 0 Å². The van der Waals surface area contributed by atoms with Gasteiger partial charge in [-0.15, -0.1) is 0 Å². The summed E-state index contributed by atoms with van der Waals surface area (Å²) < 4.78 is 0. The highest BCUT2D eigenvalue weighted by atomic mass is 15.1. The number of aryl methyl sites for hydroxylation is 2. The van der Waals surface area contributed by atoms with Gasteiger partial charge in [-0.1, -0.05) is 20.8 Å². The summed E-state index contributed by atoms with van der Waals surface area (Å²) in [7, 11) is 0. The zero-order chi connectivity index (χ0) is 11.0. The normalized spacial score (nSPS) is 9.86. The van der Waals surface area contributed by atoms with E-state index in [-0.39, 0.29) is 0 Å². The molecule has 1 rings (SSSR count). The first-order valence-corrected chi connectivity index (χ1v) is 5.48. The highest BCUT2D eigenvalue weighted by Gasteiger charge is 1.89. The first kappa shape index (κ1) is 13.2. The second-order valence-electron chi connectivity index (χ2n) is 3.41. The summed E-state index contributed by atoms with van der Waals surface area (Å²) in [6, 6.07) is 2.06. The maximum atomic E-state index is 3.07. The van der Waals surface area contributed by atoms with E-state index in [2.05, 4.69) is 50.6 Å². The first-order chi connectivity index (χ1) is 6.65. The van der Waals surface area contributed by atoms with E-state index in [4.69, 9.17) is 0 Å². The van der Waals surface area contributed by atoms with E-state index in [9.17, 15) is 0 Å². The first-order valence-electron chi connectivity index (χ1n) is 5.48. The zero-order valence-corrected chi connectivity index (χ0v) is 10.2. The summed E-state index contributed by atoms with van der Waals surface area (Å²) >= 11 is 0. The molecule has 0 aliphatic rings. The van der Waals surface area contributed by atoms with Gasteiger partial charge in [-0.05, 0) is 45.1 Å². The van der Waals surface area contributed by atoms with Gasteiger partial charge in [-0.25, -0.2) is 0 Å². The molecule has 1 heterocycles. The van der Waals surface area contributed by atoms with Crippen molar-refractivity contribution in [2.24, 2.45) is 0 Å². The van der Waals surface area contributed by atoms with Crippen molar-refractivity contribution in [1.29, 1.82) is 0 Å². The molecule has 82 valence electrons. The van der Waals surface area contributed by atoms with Crippen LogP contribution in [0.15, 0.2) is 12.3 Å². The number of nitrogens with zero attached hydrogens (tertiary/aromatic N) is 1. The summed E-state index contributed by atoms with van der Waals surface area (Å²) in [6.07, 6.45) is 1.95. The number of nitrogens with one attached hydrogen (secondary N) is 1. The van der Waals surface area contributed by atoms with E-state index in [1.165, 1.54) is 30.9 Å². The minimum atomic E-state index is 1.19. The predicted molar refractivity (Wildman–Crippen MR) is 63.7 cm³/mol. The molecule has 0 spiro atoms. The molecule has 0 unspecified atom stereocenters. The molecule has 1 N–H and O–H groups in total. The molecular formula is C12H24N2. The molecular weight excluding hydrogens is 172 g/mol. The Balaban J connectivity index is 0.000000241. The van der Waals surface area contributed by atoms with E-state index < -0.39 is 0 Å². The van der Waals surface area contributed by atoms with E-state index in [0.717, 1.165) is 0 Å². The van der Waals surface area contributed by atoms with Crippen LogP contribution >= 0.6 is 0 Å². The second-order valence-corrected chi connectivity index (χ2v) is 3.41. The minimum absolute atomic E-state index is 1.19. The standard InChI is InChI=1S/C6H9N.C6H15N/c1-5-3-4-7-6(5)2;1-4-7(5-2)6-3/h3-4,7H,1-2H3;4-6H2,1-3H3. The molecule has 0 saturated carbocycles. The Morgan fingerprint density at radius 2 is 1.57 bits per heavy atom. The average molecular weight is 196 g/mol. The molecule has 14 heavy (non-hydrogen) atoms. The Morgan fingerprint density at radius 1 is 1.07 bits per heavy atom. The third-order valence-electron chi connectivity index (χ3n) is 2.57. The van der Waals surface area contributed by atoms with Crippen LogP contribution in [0.4, 0.5) is 0 Å². The molecule has 0 aliphatic carbocycles. The van der Waals surface area contributed by atoms with Crippen LogP contribution in [0, 0.1) is 13.8 Å². The smallest absolute Gasteiger partial charge is 0.0145 e. The Hall–Kier alpha value is -0.760. The predicted octanol–water partition coefficient (Wildman–Crippen LogP) is 2.98. The van der Waals surface area contributed by atoms with Crippen molar-refractivity contribution in [1.82, 2.24) is 9.88 Å². The maximum absolute atomic E-state index is 3.07. The third-order valence-corrected chi connectivity index (χ3v) is 2.57. The van der Waals surface area contributed by atoms with Crippen LogP contribution in [0.2, 0.25) is 0 Å². The lowest BCUT2D eigenvalue weighted by Crippen LogP contribution is -2.21. The van der Waals surface area contributed by atoms with Gasteiger partial charge in [-0.2, -0.15) is 0 Å². The summed E-state index contributed by atoms with van der Waals surface area (Å²) in [4.78, 5) is 5.44. The maximum Gasteiger partial charge on any atom is 0.0145 e. The highest BCUT2D eigenvalue weighted by Crippen LogP contribution is 1.99. The molecule has 2 heteroatoms. The molecule has 0 bridgehead atoms. The lowest BCUT2D eigenvalue weighted by atomic mass is 10.3. The number of hydrogen-bond acceptors (Lipinski definition) is 1. The molecule has 0 amide bonds. The molecule has 1 aromatic rings. The Kier molecular flexibility index (Phi) is 7.21. The van der Waals surface area contributed by atoms with Gasteiger partial charge in [0.2, 0.25) is 0 Å². The van der Waals surface area contributed by atoms with E-state index in [1.807, 2.05) is 6.20 Å². The van der Waals surface area contributed by atoms with Crippen LogP contribution in [0.3, 0.4) is 0 Å². The van der Waals surface area contributed by atoms with Gasteiger partial charge in [0.05, 0.1) is 0 Å². The monoisotopic (exact) mass is 196 g/mol. The van der Waals surface area contributed by atoms with Crippen molar-refractivity contribution in [3.05, 3.63) is 23.5 Å². The van der Waals surface area contributed by atoms with Crippen molar-refractivity contribution in [2.45, 2.75) is 34.6 Å². The molecule has 0 fully saturated rings. The zero-order valence-electron chi connectivity index (χ0n) is 10.2. The fourth-order valence-corrected chi connectivity index (χ4v) is 1.20. The highest BCUT2D eigenvalue weighted by molar-refractivity contribution is 5.15. The fourth-order valence-electron chi connectivity index (χ4n) is 1.20. The van der Waals surface area contributed by atoms with Gasteiger partial charge in [0.1, 0.15) is 0 Å². The molecule has 2 nitrogen and oxygen atoms in total. The van der Waals surface area contributed by atoms with Crippen molar-refractivity contribution in [2.75, 3.05) is 19.6 Å². The minimum Gasteiger partial charge on any atom is -0.365 e. The number of H-pyrrole nitrogens is 1. The molecule has 0 saturated heterocycles. The summed E-state index contributed by atoms with van der Waals surface area (Å²) in [5.74, 6) is 0. The van der Waals surface area contributed by atoms with Gasteiger partial charge >= 0.3 is 0 Å². The van der Waals surface area contributed by atoms with E-state index in [0.29, 0.717) is 0 Å². The van der Waals surface area contributed by atoms with Gasteiger partial charge in [-0.3, -0.25) is 0 Å². The summed E-state index contributed by atoms with van der Waals surface area (Å²) in [5, 5.41) is 0.